The Hall–Kier alpha value is -1.55. The second kappa shape index (κ2) is 6.40. The van der Waals surface area contributed by atoms with Crippen LogP contribution in [0, 0.1) is 0 Å². The van der Waals surface area contributed by atoms with Gasteiger partial charge in [-0.2, -0.15) is 0 Å². The van der Waals surface area contributed by atoms with Crippen LogP contribution in [0.4, 0.5) is 0 Å². The highest BCUT2D eigenvalue weighted by Gasteiger charge is 2.25. The first kappa shape index (κ1) is 12.9. The van der Waals surface area contributed by atoms with E-state index in [9.17, 15) is 4.79 Å². The molecule has 4 nitrogen and oxygen atoms in total. The van der Waals surface area contributed by atoms with Gasteiger partial charge in [-0.25, -0.2) is 0 Å². The van der Waals surface area contributed by atoms with Crippen LogP contribution in [-0.2, 0) is 9.53 Å². The maximum atomic E-state index is 11.8. The van der Waals surface area contributed by atoms with Crippen LogP contribution in [0.3, 0.4) is 0 Å². The van der Waals surface area contributed by atoms with E-state index in [1.807, 2.05) is 6.07 Å². The highest BCUT2D eigenvalue weighted by Crippen LogP contribution is 2.20. The third kappa shape index (κ3) is 3.47. The van der Waals surface area contributed by atoms with E-state index in [2.05, 4.69) is 5.32 Å². The second-order valence-corrected chi connectivity index (χ2v) is 4.52. The van der Waals surface area contributed by atoms with E-state index in [-0.39, 0.29) is 18.1 Å². The number of carbonyl (C=O) groups is 1. The van der Waals surface area contributed by atoms with Crippen molar-refractivity contribution < 1.29 is 13.9 Å². The number of methoxy groups -OCH3 is 1. The van der Waals surface area contributed by atoms with Gasteiger partial charge in [-0.15, -0.1) is 0 Å². The van der Waals surface area contributed by atoms with Gasteiger partial charge in [0.2, 0.25) is 5.91 Å². The molecule has 98 valence electrons. The molecule has 0 aliphatic heterocycles. The molecule has 1 aromatic heterocycles. The van der Waals surface area contributed by atoms with Crippen molar-refractivity contribution in [3.63, 3.8) is 0 Å². The number of nitrogens with one attached hydrogen (secondary N) is 1. The Kier molecular flexibility index (Phi) is 4.59. The predicted molar refractivity (Wildman–Crippen MR) is 68.9 cm³/mol. The van der Waals surface area contributed by atoms with Crippen molar-refractivity contribution in [1.82, 2.24) is 5.32 Å². The molecule has 1 N–H and O–H groups in total. The first-order valence-electron chi connectivity index (χ1n) is 6.34. The number of ether oxygens (including phenoxy) is 1. The van der Waals surface area contributed by atoms with Crippen molar-refractivity contribution in [3.8, 4) is 0 Å². The molecule has 0 aromatic carbocycles. The maximum absolute atomic E-state index is 11.8. The zero-order valence-electron chi connectivity index (χ0n) is 10.6. The number of hydrogen-bond donors (Lipinski definition) is 1. The standard InChI is InChI=1S/C14H19NO3/c1-17-13-7-3-2-6-12(13)15-14(16)9-8-11-5-4-10-18-11/h4-5,8-10,12-13H,2-3,6-7H2,1H3,(H,15,16)/b9-8-. The molecule has 1 aromatic rings. The lowest BCUT2D eigenvalue weighted by Gasteiger charge is -2.30. The second-order valence-electron chi connectivity index (χ2n) is 4.52. The molecule has 18 heavy (non-hydrogen) atoms. The van der Waals surface area contributed by atoms with E-state index < -0.39 is 0 Å². The van der Waals surface area contributed by atoms with Gasteiger partial charge in [-0.3, -0.25) is 4.79 Å². The van der Waals surface area contributed by atoms with Gasteiger partial charge in [0, 0.05) is 13.2 Å². The van der Waals surface area contributed by atoms with Crippen LogP contribution in [0.25, 0.3) is 6.08 Å². The summed E-state index contributed by atoms with van der Waals surface area (Å²) in [5.41, 5.74) is 0. The van der Waals surface area contributed by atoms with E-state index in [4.69, 9.17) is 9.15 Å². The molecular weight excluding hydrogens is 230 g/mol. The topological polar surface area (TPSA) is 51.5 Å². The number of furan rings is 1. The molecule has 1 heterocycles. The summed E-state index contributed by atoms with van der Waals surface area (Å²) in [6, 6.07) is 3.72. The molecule has 2 rings (SSSR count). The summed E-state index contributed by atoms with van der Waals surface area (Å²) in [4.78, 5) is 11.8. The first-order valence-corrected chi connectivity index (χ1v) is 6.34. The predicted octanol–water partition coefficient (Wildman–Crippen LogP) is 2.37. The molecular formula is C14H19NO3. The van der Waals surface area contributed by atoms with E-state index in [1.54, 1.807) is 25.5 Å². The Balaban J connectivity index is 1.86. The Morgan fingerprint density at radius 3 is 3.06 bits per heavy atom. The molecule has 2 atom stereocenters. The Labute approximate surface area is 107 Å². The average molecular weight is 249 g/mol. The normalized spacial score (nSPS) is 24.3. The molecule has 0 bridgehead atoms. The smallest absolute Gasteiger partial charge is 0.244 e. The SMILES string of the molecule is COC1CCCCC1NC(=O)/C=C\c1ccco1. The summed E-state index contributed by atoms with van der Waals surface area (Å²) in [5.74, 6) is 0.581. The van der Waals surface area contributed by atoms with E-state index in [1.165, 1.54) is 12.5 Å². The van der Waals surface area contributed by atoms with Crippen molar-refractivity contribution in [1.29, 1.82) is 0 Å². The summed E-state index contributed by atoms with van der Waals surface area (Å²) in [5, 5.41) is 2.99. The summed E-state index contributed by atoms with van der Waals surface area (Å²) >= 11 is 0. The van der Waals surface area contributed by atoms with Crippen LogP contribution < -0.4 is 5.32 Å². The minimum absolute atomic E-state index is 0.0969. The van der Waals surface area contributed by atoms with Gasteiger partial charge in [0.25, 0.3) is 0 Å². The van der Waals surface area contributed by atoms with E-state index >= 15 is 0 Å². The lowest BCUT2D eigenvalue weighted by atomic mass is 9.92. The molecule has 1 fully saturated rings. The van der Waals surface area contributed by atoms with Gasteiger partial charge in [0.05, 0.1) is 18.4 Å². The summed E-state index contributed by atoms with van der Waals surface area (Å²) in [6.45, 7) is 0. The van der Waals surface area contributed by atoms with Gasteiger partial charge in [0.1, 0.15) is 5.76 Å². The monoisotopic (exact) mass is 249 g/mol. The summed E-state index contributed by atoms with van der Waals surface area (Å²) in [7, 11) is 1.70. The quantitative estimate of drug-likeness (QED) is 0.833. The molecule has 0 radical (unpaired) electrons. The lowest BCUT2D eigenvalue weighted by Crippen LogP contribution is -2.45. The molecule has 0 spiro atoms. The molecule has 1 aliphatic rings. The van der Waals surface area contributed by atoms with Crippen molar-refractivity contribution >= 4 is 12.0 Å². The molecule has 1 amide bonds. The lowest BCUT2D eigenvalue weighted by molar-refractivity contribution is -0.118. The number of rotatable bonds is 4. The Bertz CT molecular complexity index is 397. The van der Waals surface area contributed by atoms with Crippen LogP contribution in [0.5, 0.6) is 0 Å². The summed E-state index contributed by atoms with van der Waals surface area (Å²) < 4.78 is 10.5. The number of amides is 1. The molecule has 2 unspecified atom stereocenters. The first-order chi connectivity index (χ1) is 8.79. The minimum atomic E-state index is -0.0969. The molecule has 4 heteroatoms. The van der Waals surface area contributed by atoms with Crippen molar-refractivity contribution in [2.24, 2.45) is 0 Å². The molecule has 0 saturated heterocycles. The maximum Gasteiger partial charge on any atom is 0.244 e. The van der Waals surface area contributed by atoms with Gasteiger partial charge >= 0.3 is 0 Å². The van der Waals surface area contributed by atoms with Gasteiger partial charge in [0.15, 0.2) is 0 Å². The Morgan fingerprint density at radius 1 is 1.50 bits per heavy atom. The number of carbonyl (C=O) groups excluding carboxylic acids is 1. The zero-order chi connectivity index (χ0) is 12.8. The fourth-order valence-corrected chi connectivity index (χ4v) is 2.32. The van der Waals surface area contributed by atoms with Gasteiger partial charge in [-0.1, -0.05) is 12.8 Å². The fourth-order valence-electron chi connectivity index (χ4n) is 2.32. The van der Waals surface area contributed by atoms with E-state index in [0.717, 1.165) is 19.3 Å². The largest absolute Gasteiger partial charge is 0.465 e. The van der Waals surface area contributed by atoms with Crippen LogP contribution >= 0.6 is 0 Å². The third-order valence-electron chi connectivity index (χ3n) is 3.28. The van der Waals surface area contributed by atoms with E-state index in [0.29, 0.717) is 5.76 Å². The van der Waals surface area contributed by atoms with Crippen LogP contribution in [0.15, 0.2) is 28.9 Å². The van der Waals surface area contributed by atoms with Gasteiger partial charge in [-0.05, 0) is 31.1 Å². The van der Waals surface area contributed by atoms with Crippen molar-refractivity contribution in [2.75, 3.05) is 7.11 Å². The zero-order valence-corrected chi connectivity index (χ0v) is 10.6. The van der Waals surface area contributed by atoms with Crippen LogP contribution in [0.1, 0.15) is 31.4 Å². The molecule has 1 aliphatic carbocycles. The third-order valence-corrected chi connectivity index (χ3v) is 3.28. The van der Waals surface area contributed by atoms with Gasteiger partial charge < -0.3 is 14.5 Å². The molecule has 1 saturated carbocycles. The van der Waals surface area contributed by atoms with Crippen molar-refractivity contribution in [3.05, 3.63) is 30.2 Å². The highest BCUT2D eigenvalue weighted by atomic mass is 16.5. The Morgan fingerprint density at radius 2 is 2.33 bits per heavy atom. The average Bonchev–Trinajstić information content (AvgIpc) is 2.90. The number of hydrogen-bond acceptors (Lipinski definition) is 3. The van der Waals surface area contributed by atoms with Crippen LogP contribution in [0.2, 0.25) is 0 Å². The summed E-state index contributed by atoms with van der Waals surface area (Å²) in [6.07, 6.45) is 9.21. The fraction of sp³-hybridized carbons (Fsp3) is 0.500. The highest BCUT2D eigenvalue weighted by molar-refractivity contribution is 5.91. The van der Waals surface area contributed by atoms with Crippen LogP contribution in [-0.4, -0.2) is 25.2 Å². The minimum Gasteiger partial charge on any atom is -0.465 e. The van der Waals surface area contributed by atoms with Crippen molar-refractivity contribution in [2.45, 2.75) is 37.8 Å².